The molecule has 0 amide bonds. The average molecular weight is 355 g/mol. The molecule has 1 aromatic rings. The highest BCUT2D eigenvalue weighted by atomic mass is 35.5. The Bertz CT molecular complexity index is 660. The summed E-state index contributed by atoms with van der Waals surface area (Å²) >= 11 is 5.51. The average Bonchev–Trinajstić information content (AvgIpc) is 2.38. The molecule has 0 aliphatic heterocycles. The molecule has 0 saturated heterocycles. The van der Waals surface area contributed by atoms with Crippen molar-refractivity contribution in [1.82, 2.24) is 4.72 Å². The lowest BCUT2D eigenvalue weighted by atomic mass is 10.3. The lowest BCUT2D eigenvalue weighted by Gasteiger charge is -2.13. The molecule has 0 radical (unpaired) electrons. The molecule has 1 aromatic carbocycles. The van der Waals surface area contributed by atoms with Crippen LogP contribution < -0.4 is 9.44 Å². The summed E-state index contributed by atoms with van der Waals surface area (Å²) in [5, 5.41) is 0. The fourth-order valence-electron chi connectivity index (χ4n) is 1.66. The van der Waals surface area contributed by atoms with Gasteiger partial charge in [-0.2, -0.15) is 0 Å². The molecular weight excluding hydrogens is 336 g/mol. The Kier molecular flexibility index (Phi) is 6.92. The van der Waals surface area contributed by atoms with Crippen molar-refractivity contribution in [3.63, 3.8) is 0 Å². The number of hydrogen-bond donors (Lipinski definition) is 2. The number of alkyl halides is 1. The minimum Gasteiger partial charge on any atom is -0.282 e. The van der Waals surface area contributed by atoms with E-state index in [1.165, 1.54) is 18.2 Å². The van der Waals surface area contributed by atoms with Crippen molar-refractivity contribution in [3.8, 4) is 0 Å². The fourth-order valence-corrected chi connectivity index (χ4v) is 4.31. The van der Waals surface area contributed by atoms with Gasteiger partial charge in [-0.25, -0.2) is 21.6 Å². The van der Waals surface area contributed by atoms with E-state index < -0.39 is 20.0 Å². The first-order chi connectivity index (χ1) is 9.82. The third kappa shape index (κ3) is 5.82. The third-order valence-electron chi connectivity index (χ3n) is 2.57. The molecule has 6 nitrogen and oxygen atoms in total. The summed E-state index contributed by atoms with van der Waals surface area (Å²) in [4.78, 5) is -0.0900. The van der Waals surface area contributed by atoms with Crippen LogP contribution in [-0.4, -0.2) is 35.0 Å². The number of anilines is 1. The van der Waals surface area contributed by atoms with Gasteiger partial charge in [0.05, 0.1) is 11.4 Å². The summed E-state index contributed by atoms with van der Waals surface area (Å²) in [7, 11) is -7.34. The van der Waals surface area contributed by atoms with Gasteiger partial charge >= 0.3 is 0 Å². The van der Waals surface area contributed by atoms with Crippen molar-refractivity contribution >= 4 is 37.3 Å². The Morgan fingerprint density at radius 2 is 1.76 bits per heavy atom. The molecule has 0 saturated carbocycles. The first kappa shape index (κ1) is 18.2. The predicted molar refractivity (Wildman–Crippen MR) is 84.7 cm³/mol. The smallest absolute Gasteiger partial charge is 0.242 e. The van der Waals surface area contributed by atoms with Gasteiger partial charge in [0.15, 0.2) is 0 Å². The van der Waals surface area contributed by atoms with Gasteiger partial charge in [0.25, 0.3) is 0 Å². The molecule has 21 heavy (non-hydrogen) atoms. The number of nitrogens with one attached hydrogen (secondary N) is 2. The minimum absolute atomic E-state index is 0.0457. The standard InChI is InChI=1S/C12H19ClN2O4S2/c1-2-14-21(18,19)12-8-4-3-7-11(12)15-20(16,17)10-6-5-9-13/h3-4,7-8,14-15H,2,5-6,9-10H2,1H3. The molecule has 9 heteroatoms. The second-order valence-corrected chi connectivity index (χ2v) is 8.27. The van der Waals surface area contributed by atoms with E-state index in [0.29, 0.717) is 18.7 Å². The van der Waals surface area contributed by atoms with E-state index in [2.05, 4.69) is 9.44 Å². The quantitative estimate of drug-likeness (QED) is 0.522. The van der Waals surface area contributed by atoms with Crippen LogP contribution in [0.2, 0.25) is 0 Å². The molecule has 0 fully saturated rings. The van der Waals surface area contributed by atoms with Gasteiger partial charge in [-0.1, -0.05) is 19.1 Å². The highest BCUT2D eigenvalue weighted by Crippen LogP contribution is 2.22. The van der Waals surface area contributed by atoms with Crippen molar-refractivity contribution in [2.75, 3.05) is 22.9 Å². The molecule has 0 atom stereocenters. The molecule has 1 rings (SSSR count). The number of para-hydroxylation sites is 1. The van der Waals surface area contributed by atoms with Crippen molar-refractivity contribution in [1.29, 1.82) is 0 Å². The normalized spacial score (nSPS) is 12.3. The molecular formula is C12H19ClN2O4S2. The molecule has 0 spiro atoms. The Balaban J connectivity index is 3.00. The van der Waals surface area contributed by atoms with E-state index >= 15 is 0 Å². The van der Waals surface area contributed by atoms with E-state index in [4.69, 9.17) is 11.6 Å². The van der Waals surface area contributed by atoms with Crippen molar-refractivity contribution < 1.29 is 16.8 Å². The van der Waals surface area contributed by atoms with Gasteiger partial charge in [0.2, 0.25) is 20.0 Å². The van der Waals surface area contributed by atoms with E-state index in [1.807, 2.05) is 0 Å². The van der Waals surface area contributed by atoms with E-state index in [0.717, 1.165) is 0 Å². The highest BCUT2D eigenvalue weighted by molar-refractivity contribution is 7.93. The van der Waals surface area contributed by atoms with E-state index in [1.54, 1.807) is 13.0 Å². The fraction of sp³-hybridized carbons (Fsp3) is 0.500. The topological polar surface area (TPSA) is 92.3 Å². The number of rotatable bonds is 9. The van der Waals surface area contributed by atoms with Crippen LogP contribution in [0.15, 0.2) is 29.2 Å². The second-order valence-electron chi connectivity index (χ2n) is 4.31. The summed E-state index contributed by atoms with van der Waals surface area (Å²) in [5.41, 5.74) is 0.0457. The molecule has 0 aliphatic carbocycles. The summed E-state index contributed by atoms with van der Waals surface area (Å²) in [5.74, 6) is 0.288. The number of halogens is 1. The predicted octanol–water partition coefficient (Wildman–Crippen LogP) is 1.75. The molecule has 0 heterocycles. The number of sulfonamides is 2. The maximum absolute atomic E-state index is 12.0. The molecule has 0 aliphatic rings. The van der Waals surface area contributed by atoms with Crippen molar-refractivity contribution in [2.45, 2.75) is 24.7 Å². The molecule has 0 bridgehead atoms. The van der Waals surface area contributed by atoms with Gasteiger partial charge in [0, 0.05) is 12.4 Å². The van der Waals surface area contributed by atoms with Crippen LogP contribution in [0.4, 0.5) is 5.69 Å². The molecule has 120 valence electrons. The van der Waals surface area contributed by atoms with Crippen molar-refractivity contribution in [2.24, 2.45) is 0 Å². The zero-order chi connectivity index (χ0) is 15.9. The van der Waals surface area contributed by atoms with Crippen molar-refractivity contribution in [3.05, 3.63) is 24.3 Å². The first-order valence-electron chi connectivity index (χ1n) is 6.47. The largest absolute Gasteiger partial charge is 0.282 e. The van der Waals surface area contributed by atoms with Gasteiger partial charge < -0.3 is 0 Å². The third-order valence-corrected chi connectivity index (χ3v) is 5.80. The Morgan fingerprint density at radius 1 is 1.10 bits per heavy atom. The van der Waals surface area contributed by atoms with E-state index in [-0.39, 0.29) is 22.9 Å². The summed E-state index contributed by atoms with van der Waals surface area (Å²) < 4.78 is 52.6. The van der Waals surface area contributed by atoms with Crippen LogP contribution in [0.3, 0.4) is 0 Å². The maximum atomic E-state index is 12.0. The zero-order valence-electron chi connectivity index (χ0n) is 11.7. The summed E-state index contributed by atoms with van der Waals surface area (Å²) in [6.07, 6.45) is 1.00. The molecule has 0 aromatic heterocycles. The lowest BCUT2D eigenvalue weighted by molar-refractivity contribution is 0.584. The number of hydrogen-bond acceptors (Lipinski definition) is 4. The Morgan fingerprint density at radius 3 is 2.38 bits per heavy atom. The van der Waals surface area contributed by atoms with Gasteiger partial charge in [-0.3, -0.25) is 4.72 Å². The summed E-state index contributed by atoms with van der Waals surface area (Å²) in [6, 6.07) is 5.88. The second kappa shape index (κ2) is 7.98. The van der Waals surface area contributed by atoms with Gasteiger partial charge in [-0.05, 0) is 25.0 Å². The first-order valence-corrected chi connectivity index (χ1v) is 10.1. The minimum atomic E-state index is -3.74. The van der Waals surface area contributed by atoms with Gasteiger partial charge in [0.1, 0.15) is 4.90 Å². The number of unbranched alkanes of at least 4 members (excludes halogenated alkanes) is 1. The van der Waals surface area contributed by atoms with Crippen LogP contribution in [0.1, 0.15) is 19.8 Å². The van der Waals surface area contributed by atoms with Crippen LogP contribution >= 0.6 is 11.6 Å². The Hall–Kier alpha value is -0.830. The number of benzene rings is 1. The molecule has 0 unspecified atom stereocenters. The van der Waals surface area contributed by atoms with Crippen LogP contribution in [0, 0.1) is 0 Å². The monoisotopic (exact) mass is 354 g/mol. The Labute approximate surface area is 131 Å². The summed E-state index contributed by atoms with van der Waals surface area (Å²) in [6.45, 7) is 1.87. The zero-order valence-corrected chi connectivity index (χ0v) is 14.1. The highest BCUT2D eigenvalue weighted by Gasteiger charge is 2.20. The van der Waals surface area contributed by atoms with Crippen LogP contribution in [0.5, 0.6) is 0 Å². The lowest BCUT2D eigenvalue weighted by Crippen LogP contribution is -2.25. The van der Waals surface area contributed by atoms with Crippen LogP contribution in [0.25, 0.3) is 0 Å². The maximum Gasteiger partial charge on any atom is 0.242 e. The molecule has 2 N–H and O–H groups in total. The SMILES string of the molecule is CCNS(=O)(=O)c1ccccc1NS(=O)(=O)CCCCCl. The van der Waals surface area contributed by atoms with Crippen LogP contribution in [-0.2, 0) is 20.0 Å². The van der Waals surface area contributed by atoms with Gasteiger partial charge in [-0.15, -0.1) is 11.6 Å². The van der Waals surface area contributed by atoms with E-state index in [9.17, 15) is 16.8 Å².